The van der Waals surface area contributed by atoms with Crippen LogP contribution >= 0.6 is 0 Å². The summed E-state index contributed by atoms with van der Waals surface area (Å²) in [6.07, 6.45) is 3.78. The first-order chi connectivity index (χ1) is 8.81. The molecular formula is C13H18N4O. The molecule has 3 rings (SSSR count). The Hall–Kier alpha value is -1.62. The predicted molar refractivity (Wildman–Crippen MR) is 70.0 cm³/mol. The van der Waals surface area contributed by atoms with Crippen LogP contribution in [0.1, 0.15) is 22.3 Å². The van der Waals surface area contributed by atoms with Crippen LogP contribution in [0.25, 0.3) is 0 Å². The number of nitrogens with zero attached hydrogens (tertiary/aromatic N) is 2. The summed E-state index contributed by atoms with van der Waals surface area (Å²) >= 11 is 0. The highest BCUT2D eigenvalue weighted by molar-refractivity contribution is 5.96. The van der Waals surface area contributed by atoms with E-state index >= 15 is 0 Å². The summed E-state index contributed by atoms with van der Waals surface area (Å²) in [5.41, 5.74) is 1.88. The molecule has 1 amide bonds. The fourth-order valence-electron chi connectivity index (χ4n) is 2.93. The average Bonchev–Trinajstić information content (AvgIpc) is 2.45. The zero-order chi connectivity index (χ0) is 12.5. The van der Waals surface area contributed by atoms with Crippen molar-refractivity contribution in [1.82, 2.24) is 15.6 Å². The van der Waals surface area contributed by atoms with Gasteiger partial charge in [-0.05, 0) is 18.9 Å². The SMILES string of the molecule is CNC(=O)c1ccnc2c1CC[C@@H]1CNCCN21. The molecule has 0 saturated carbocycles. The standard InChI is InChI=1S/C13H18N4O/c1-14-13(18)11-4-5-16-12-10(11)3-2-9-8-15-6-7-17(9)12/h4-5,9,15H,2-3,6-8H2,1H3,(H,14,18)/t9-/m1/s1. The first-order valence-electron chi connectivity index (χ1n) is 6.48. The van der Waals surface area contributed by atoms with E-state index in [2.05, 4.69) is 20.5 Å². The van der Waals surface area contributed by atoms with Crippen LogP contribution in [0.4, 0.5) is 5.82 Å². The molecule has 0 aliphatic carbocycles. The van der Waals surface area contributed by atoms with E-state index in [1.807, 2.05) is 6.07 Å². The van der Waals surface area contributed by atoms with Gasteiger partial charge in [-0.1, -0.05) is 0 Å². The number of carbonyl (C=O) groups excluding carboxylic acids is 1. The number of carbonyl (C=O) groups is 1. The molecule has 0 radical (unpaired) electrons. The van der Waals surface area contributed by atoms with E-state index in [1.54, 1.807) is 13.2 Å². The van der Waals surface area contributed by atoms with Gasteiger partial charge in [0.2, 0.25) is 0 Å². The van der Waals surface area contributed by atoms with Crippen molar-refractivity contribution in [2.75, 3.05) is 31.6 Å². The second-order valence-corrected chi connectivity index (χ2v) is 4.83. The van der Waals surface area contributed by atoms with E-state index in [1.165, 1.54) is 0 Å². The quantitative estimate of drug-likeness (QED) is 0.741. The average molecular weight is 246 g/mol. The highest BCUT2D eigenvalue weighted by Crippen LogP contribution is 2.31. The van der Waals surface area contributed by atoms with Gasteiger partial charge in [0.15, 0.2) is 0 Å². The van der Waals surface area contributed by atoms with Crippen LogP contribution in [0.15, 0.2) is 12.3 Å². The van der Waals surface area contributed by atoms with Crippen molar-refractivity contribution < 1.29 is 4.79 Å². The number of hydrogen-bond donors (Lipinski definition) is 2. The van der Waals surface area contributed by atoms with Crippen LogP contribution in [0, 0.1) is 0 Å². The number of fused-ring (bicyclic) bond motifs is 3. The molecule has 0 unspecified atom stereocenters. The monoisotopic (exact) mass is 246 g/mol. The maximum Gasteiger partial charge on any atom is 0.251 e. The van der Waals surface area contributed by atoms with Crippen molar-refractivity contribution in [1.29, 1.82) is 0 Å². The van der Waals surface area contributed by atoms with Crippen LogP contribution < -0.4 is 15.5 Å². The molecule has 2 N–H and O–H groups in total. The molecule has 2 aliphatic heterocycles. The molecule has 0 spiro atoms. The summed E-state index contributed by atoms with van der Waals surface area (Å²) in [5.74, 6) is 0.996. The zero-order valence-electron chi connectivity index (χ0n) is 10.6. The predicted octanol–water partition coefficient (Wildman–Crippen LogP) is 0.166. The van der Waals surface area contributed by atoms with Crippen molar-refractivity contribution in [2.24, 2.45) is 0 Å². The lowest BCUT2D eigenvalue weighted by Gasteiger charge is -2.41. The molecule has 1 saturated heterocycles. The molecule has 1 fully saturated rings. The minimum Gasteiger partial charge on any atom is -0.355 e. The lowest BCUT2D eigenvalue weighted by Crippen LogP contribution is -2.54. The van der Waals surface area contributed by atoms with Crippen LogP contribution in [0.5, 0.6) is 0 Å². The number of amides is 1. The lowest BCUT2D eigenvalue weighted by molar-refractivity contribution is 0.0962. The van der Waals surface area contributed by atoms with Gasteiger partial charge < -0.3 is 15.5 Å². The normalized spacial score (nSPS) is 22.1. The van der Waals surface area contributed by atoms with Crippen LogP contribution in [0.3, 0.4) is 0 Å². The highest BCUT2D eigenvalue weighted by atomic mass is 16.1. The first-order valence-corrected chi connectivity index (χ1v) is 6.48. The lowest BCUT2D eigenvalue weighted by atomic mass is 9.93. The van der Waals surface area contributed by atoms with Crippen LogP contribution in [-0.4, -0.2) is 43.6 Å². The van der Waals surface area contributed by atoms with Crippen LogP contribution in [-0.2, 0) is 6.42 Å². The molecular weight excluding hydrogens is 228 g/mol. The number of aromatic nitrogens is 1. The fourth-order valence-corrected chi connectivity index (χ4v) is 2.93. The molecule has 18 heavy (non-hydrogen) atoms. The number of nitrogens with one attached hydrogen (secondary N) is 2. The zero-order valence-corrected chi connectivity index (χ0v) is 10.6. The van der Waals surface area contributed by atoms with Gasteiger partial charge in [-0.2, -0.15) is 0 Å². The van der Waals surface area contributed by atoms with Gasteiger partial charge in [0, 0.05) is 50.0 Å². The van der Waals surface area contributed by atoms with E-state index in [9.17, 15) is 4.79 Å². The molecule has 96 valence electrons. The van der Waals surface area contributed by atoms with Gasteiger partial charge in [0.05, 0.1) is 0 Å². The summed E-state index contributed by atoms with van der Waals surface area (Å²) in [7, 11) is 1.67. The van der Waals surface area contributed by atoms with E-state index in [0.29, 0.717) is 6.04 Å². The van der Waals surface area contributed by atoms with Crippen molar-refractivity contribution in [2.45, 2.75) is 18.9 Å². The number of anilines is 1. The van der Waals surface area contributed by atoms with E-state index in [0.717, 1.165) is 49.4 Å². The molecule has 2 aliphatic rings. The highest BCUT2D eigenvalue weighted by Gasteiger charge is 2.31. The number of hydrogen-bond acceptors (Lipinski definition) is 4. The topological polar surface area (TPSA) is 57.3 Å². The van der Waals surface area contributed by atoms with Gasteiger partial charge >= 0.3 is 0 Å². The maximum atomic E-state index is 11.9. The van der Waals surface area contributed by atoms with E-state index < -0.39 is 0 Å². The van der Waals surface area contributed by atoms with Gasteiger partial charge in [-0.25, -0.2) is 4.98 Å². The van der Waals surface area contributed by atoms with Gasteiger partial charge in [-0.15, -0.1) is 0 Å². The third-order valence-corrected chi connectivity index (χ3v) is 3.85. The largest absolute Gasteiger partial charge is 0.355 e. The fraction of sp³-hybridized carbons (Fsp3) is 0.538. The van der Waals surface area contributed by atoms with Crippen LogP contribution in [0.2, 0.25) is 0 Å². The Labute approximate surface area is 107 Å². The summed E-state index contributed by atoms with van der Waals surface area (Å²) in [4.78, 5) is 18.7. The molecule has 1 aromatic rings. The Bertz CT molecular complexity index is 474. The summed E-state index contributed by atoms with van der Waals surface area (Å²) in [6.45, 7) is 2.98. The smallest absolute Gasteiger partial charge is 0.251 e. The van der Waals surface area contributed by atoms with Crippen molar-refractivity contribution in [3.05, 3.63) is 23.4 Å². The number of rotatable bonds is 1. The Morgan fingerprint density at radius 2 is 2.50 bits per heavy atom. The van der Waals surface area contributed by atoms with E-state index in [4.69, 9.17) is 0 Å². The number of piperazine rings is 1. The Morgan fingerprint density at radius 1 is 1.61 bits per heavy atom. The summed E-state index contributed by atoms with van der Waals surface area (Å²) in [6, 6.07) is 2.35. The maximum absolute atomic E-state index is 11.9. The molecule has 5 nitrogen and oxygen atoms in total. The first kappa shape index (κ1) is 11.5. The summed E-state index contributed by atoms with van der Waals surface area (Å²) < 4.78 is 0. The van der Waals surface area contributed by atoms with Crippen molar-refractivity contribution >= 4 is 11.7 Å². The third-order valence-electron chi connectivity index (χ3n) is 3.85. The Morgan fingerprint density at radius 3 is 3.33 bits per heavy atom. The molecule has 0 bridgehead atoms. The minimum absolute atomic E-state index is 0.0118. The van der Waals surface area contributed by atoms with Gasteiger partial charge in [0.1, 0.15) is 5.82 Å². The van der Waals surface area contributed by atoms with E-state index in [-0.39, 0.29) is 5.91 Å². The second kappa shape index (κ2) is 4.57. The second-order valence-electron chi connectivity index (χ2n) is 4.83. The molecule has 3 heterocycles. The number of pyridine rings is 1. The molecule has 1 aromatic heterocycles. The van der Waals surface area contributed by atoms with Gasteiger partial charge in [-0.3, -0.25) is 4.79 Å². The van der Waals surface area contributed by atoms with Gasteiger partial charge in [0.25, 0.3) is 5.91 Å². The van der Waals surface area contributed by atoms with Crippen molar-refractivity contribution in [3.63, 3.8) is 0 Å². The minimum atomic E-state index is -0.0118. The Balaban J connectivity index is 2.02. The molecule has 0 aromatic carbocycles. The molecule has 1 atom stereocenters. The summed E-state index contributed by atoms with van der Waals surface area (Å²) in [5, 5.41) is 6.12. The molecule has 5 heteroatoms. The van der Waals surface area contributed by atoms with Crippen molar-refractivity contribution in [3.8, 4) is 0 Å². The Kier molecular flexibility index (Phi) is 2.91. The third kappa shape index (κ3) is 1.75.